The van der Waals surface area contributed by atoms with Crippen molar-refractivity contribution in [1.29, 1.82) is 5.26 Å². The van der Waals surface area contributed by atoms with Crippen LogP contribution >= 0.6 is 11.6 Å². The highest BCUT2D eigenvalue weighted by Crippen LogP contribution is 2.22. The van der Waals surface area contributed by atoms with Crippen molar-refractivity contribution in [2.45, 2.75) is 11.4 Å². The number of benzene rings is 2. The number of hydrogen-bond acceptors (Lipinski definition) is 3. The predicted molar refractivity (Wildman–Crippen MR) is 95.7 cm³/mol. The summed E-state index contributed by atoms with van der Waals surface area (Å²) in [6, 6.07) is 13.1. The molecule has 8 heteroatoms. The molecule has 0 saturated carbocycles. The van der Waals surface area contributed by atoms with Crippen molar-refractivity contribution < 1.29 is 17.7 Å². The number of sulfonamides is 1. The van der Waals surface area contributed by atoms with Crippen molar-refractivity contribution in [2.24, 2.45) is 0 Å². The minimum Gasteiger partial charge on any atom is -0.329 e. The number of quaternary nitrogens is 1. The highest BCUT2D eigenvalue weighted by atomic mass is 35.5. The summed E-state index contributed by atoms with van der Waals surface area (Å²) in [5.74, 6) is -0.643. The quantitative estimate of drug-likeness (QED) is 0.853. The second kappa shape index (κ2) is 7.72. The van der Waals surface area contributed by atoms with Crippen LogP contribution in [0, 0.1) is 17.1 Å². The van der Waals surface area contributed by atoms with Crippen molar-refractivity contribution in [3.05, 3.63) is 64.4 Å². The molecule has 0 amide bonds. The third-order valence-electron chi connectivity index (χ3n) is 4.54. The van der Waals surface area contributed by atoms with Crippen LogP contribution in [0.2, 0.25) is 5.02 Å². The Bertz CT molecular complexity index is 951. The molecule has 1 heterocycles. The van der Waals surface area contributed by atoms with Gasteiger partial charge in [0.15, 0.2) is 0 Å². The van der Waals surface area contributed by atoms with Crippen LogP contribution in [0.1, 0.15) is 11.1 Å². The molecule has 136 valence electrons. The van der Waals surface area contributed by atoms with Crippen LogP contribution in [-0.4, -0.2) is 38.9 Å². The fourth-order valence-corrected chi connectivity index (χ4v) is 4.77. The zero-order chi connectivity index (χ0) is 18.7. The molecule has 1 fully saturated rings. The van der Waals surface area contributed by atoms with E-state index in [-0.39, 0.29) is 9.92 Å². The Kier molecular flexibility index (Phi) is 5.58. The summed E-state index contributed by atoms with van der Waals surface area (Å²) in [6.45, 7) is 2.67. The van der Waals surface area contributed by atoms with E-state index in [1.54, 1.807) is 6.07 Å². The zero-order valence-corrected chi connectivity index (χ0v) is 15.5. The minimum atomic E-state index is -3.69. The third-order valence-corrected chi connectivity index (χ3v) is 6.72. The first-order chi connectivity index (χ1) is 12.4. The third kappa shape index (κ3) is 3.89. The minimum absolute atomic E-state index is 0.00201. The van der Waals surface area contributed by atoms with Gasteiger partial charge >= 0.3 is 0 Å². The van der Waals surface area contributed by atoms with E-state index < -0.39 is 15.8 Å². The molecule has 1 saturated heterocycles. The van der Waals surface area contributed by atoms with E-state index in [4.69, 9.17) is 11.6 Å². The molecule has 1 aliphatic heterocycles. The molecule has 0 unspecified atom stereocenters. The van der Waals surface area contributed by atoms with Crippen LogP contribution in [0.4, 0.5) is 4.39 Å². The van der Waals surface area contributed by atoms with Crippen molar-refractivity contribution in [3.8, 4) is 6.07 Å². The maximum absolute atomic E-state index is 13.3. The fraction of sp³-hybridized carbons (Fsp3) is 0.278. The maximum Gasteiger partial charge on any atom is 0.243 e. The van der Waals surface area contributed by atoms with Gasteiger partial charge in [-0.2, -0.15) is 9.57 Å². The van der Waals surface area contributed by atoms with Gasteiger partial charge in [0.1, 0.15) is 12.4 Å². The molecule has 1 N–H and O–H groups in total. The van der Waals surface area contributed by atoms with Crippen molar-refractivity contribution in [2.75, 3.05) is 26.2 Å². The molecule has 2 aromatic carbocycles. The molecule has 0 aromatic heterocycles. The van der Waals surface area contributed by atoms with E-state index in [1.165, 1.54) is 15.3 Å². The first-order valence-corrected chi connectivity index (χ1v) is 10.0. The van der Waals surface area contributed by atoms with Crippen LogP contribution in [-0.2, 0) is 16.6 Å². The van der Waals surface area contributed by atoms with Crippen LogP contribution < -0.4 is 4.90 Å². The molecule has 0 bridgehead atoms. The van der Waals surface area contributed by atoms with E-state index >= 15 is 0 Å². The smallest absolute Gasteiger partial charge is 0.243 e. The van der Waals surface area contributed by atoms with Gasteiger partial charge in [-0.3, -0.25) is 0 Å². The Labute approximate surface area is 157 Å². The SMILES string of the molecule is N#Cc1ccccc1C[NH+]1CCN(S(=O)(=O)c2ccc(F)c(Cl)c2)CC1. The first kappa shape index (κ1) is 18.8. The van der Waals surface area contributed by atoms with E-state index in [2.05, 4.69) is 6.07 Å². The normalized spacial score (nSPS) is 16.3. The van der Waals surface area contributed by atoms with Gasteiger partial charge in [0.25, 0.3) is 0 Å². The number of nitrogens with zero attached hydrogens (tertiary/aromatic N) is 2. The summed E-state index contributed by atoms with van der Waals surface area (Å²) in [4.78, 5) is 1.22. The van der Waals surface area contributed by atoms with Gasteiger partial charge in [0.2, 0.25) is 10.0 Å². The lowest BCUT2D eigenvalue weighted by Crippen LogP contribution is -3.13. The van der Waals surface area contributed by atoms with Gasteiger partial charge in [-0.25, -0.2) is 12.8 Å². The van der Waals surface area contributed by atoms with E-state index in [0.717, 1.165) is 17.7 Å². The van der Waals surface area contributed by atoms with Gasteiger partial charge in [-0.15, -0.1) is 0 Å². The molecule has 1 aliphatic rings. The van der Waals surface area contributed by atoms with Crippen LogP contribution in [0.25, 0.3) is 0 Å². The number of rotatable bonds is 4. The Morgan fingerprint density at radius 2 is 1.88 bits per heavy atom. The molecular weight excluding hydrogens is 377 g/mol. The summed E-state index contributed by atoms with van der Waals surface area (Å²) < 4.78 is 40.1. The zero-order valence-electron chi connectivity index (χ0n) is 14.0. The van der Waals surface area contributed by atoms with Gasteiger partial charge in [0, 0.05) is 5.56 Å². The van der Waals surface area contributed by atoms with Crippen molar-refractivity contribution in [1.82, 2.24) is 4.31 Å². The number of halogens is 2. The Morgan fingerprint density at radius 1 is 1.19 bits per heavy atom. The number of nitriles is 1. The van der Waals surface area contributed by atoms with Gasteiger partial charge in [-0.05, 0) is 24.3 Å². The molecule has 2 aromatic rings. The predicted octanol–water partition coefficient (Wildman–Crippen LogP) is 1.44. The van der Waals surface area contributed by atoms with E-state index in [9.17, 15) is 18.1 Å². The largest absolute Gasteiger partial charge is 0.329 e. The van der Waals surface area contributed by atoms with Crippen LogP contribution in [0.5, 0.6) is 0 Å². The van der Waals surface area contributed by atoms with Crippen LogP contribution in [0.3, 0.4) is 0 Å². The lowest BCUT2D eigenvalue weighted by molar-refractivity contribution is -0.917. The second-order valence-electron chi connectivity index (χ2n) is 6.18. The molecule has 0 atom stereocenters. The molecule has 0 spiro atoms. The second-order valence-corrected chi connectivity index (χ2v) is 8.52. The highest BCUT2D eigenvalue weighted by molar-refractivity contribution is 7.89. The maximum atomic E-state index is 13.3. The summed E-state index contributed by atoms with van der Waals surface area (Å²) in [5, 5.41) is 8.98. The molecule has 26 heavy (non-hydrogen) atoms. The van der Waals surface area contributed by atoms with Gasteiger partial charge in [-0.1, -0.05) is 29.8 Å². The number of piperazine rings is 1. The topological polar surface area (TPSA) is 65.6 Å². The Morgan fingerprint density at radius 3 is 2.54 bits per heavy atom. The lowest BCUT2D eigenvalue weighted by atomic mass is 10.1. The summed E-state index contributed by atoms with van der Waals surface area (Å²) in [6.07, 6.45) is 0. The average Bonchev–Trinajstić information content (AvgIpc) is 2.65. The molecule has 3 rings (SSSR count). The Balaban J connectivity index is 1.68. The summed E-state index contributed by atoms with van der Waals surface area (Å²) in [7, 11) is -3.69. The van der Waals surface area contributed by atoms with E-state index in [1.807, 2.05) is 18.2 Å². The molecular formula is C18H18ClFN3O2S+. The highest BCUT2D eigenvalue weighted by Gasteiger charge is 2.31. The standard InChI is InChI=1S/C18H17ClFN3O2S/c19-17-11-16(5-6-18(17)20)26(24,25)23-9-7-22(8-10-23)13-15-4-2-1-3-14(15)12-21/h1-6,11H,7-10,13H2/p+1. The summed E-state index contributed by atoms with van der Waals surface area (Å²) >= 11 is 5.71. The molecule has 0 radical (unpaired) electrons. The molecule has 5 nitrogen and oxygen atoms in total. The van der Waals surface area contributed by atoms with E-state index in [0.29, 0.717) is 38.3 Å². The molecule has 0 aliphatic carbocycles. The number of nitrogens with one attached hydrogen (secondary N) is 1. The first-order valence-electron chi connectivity index (χ1n) is 8.18. The monoisotopic (exact) mass is 394 g/mol. The fourth-order valence-electron chi connectivity index (χ4n) is 3.06. The van der Waals surface area contributed by atoms with Gasteiger partial charge < -0.3 is 4.90 Å². The van der Waals surface area contributed by atoms with Crippen LogP contribution in [0.15, 0.2) is 47.4 Å². The average molecular weight is 395 g/mol. The number of hydrogen-bond donors (Lipinski definition) is 1. The van der Waals surface area contributed by atoms with Gasteiger partial charge in [0.05, 0.1) is 47.7 Å². The lowest BCUT2D eigenvalue weighted by Gasteiger charge is -2.31. The van der Waals surface area contributed by atoms with Crippen molar-refractivity contribution >= 4 is 21.6 Å². The Hall–Kier alpha value is -1.98. The summed E-state index contributed by atoms with van der Waals surface area (Å²) in [5.41, 5.74) is 1.61. The van der Waals surface area contributed by atoms with Crippen molar-refractivity contribution in [3.63, 3.8) is 0 Å².